The molecule has 0 aromatic heterocycles. The maximum Gasteiger partial charge on any atom is 0.0431 e. The molecular weight excluding hydrogens is 227 g/mol. The standard InChI is InChI=1S/C10H22O.Zr/c1-2-3-4-5-6-7-8-9-10-11;/h11H,2-10H2,1H3;. The van der Waals surface area contributed by atoms with Crippen LogP contribution in [0.3, 0.4) is 0 Å². The molecule has 0 atom stereocenters. The van der Waals surface area contributed by atoms with Crippen molar-refractivity contribution < 1.29 is 31.3 Å². The Morgan fingerprint density at radius 2 is 1.17 bits per heavy atom. The molecule has 2 heteroatoms. The van der Waals surface area contributed by atoms with E-state index in [-0.39, 0.29) is 26.2 Å². The summed E-state index contributed by atoms with van der Waals surface area (Å²) in [4.78, 5) is 0. The number of hydrogen-bond acceptors (Lipinski definition) is 1. The molecule has 0 spiro atoms. The van der Waals surface area contributed by atoms with Gasteiger partial charge >= 0.3 is 0 Å². The minimum atomic E-state index is 0. The van der Waals surface area contributed by atoms with Crippen molar-refractivity contribution >= 4 is 0 Å². The first-order valence-corrected chi connectivity index (χ1v) is 5.02. The van der Waals surface area contributed by atoms with Crippen LogP contribution in [0.25, 0.3) is 0 Å². The van der Waals surface area contributed by atoms with Crippen LogP contribution in [0.15, 0.2) is 0 Å². The van der Waals surface area contributed by atoms with Gasteiger partial charge in [-0.1, -0.05) is 51.9 Å². The topological polar surface area (TPSA) is 20.2 Å². The van der Waals surface area contributed by atoms with Crippen LogP contribution in [-0.2, 0) is 26.2 Å². The van der Waals surface area contributed by atoms with Crippen LogP contribution < -0.4 is 0 Å². The predicted molar refractivity (Wildman–Crippen MR) is 49.7 cm³/mol. The second-order valence-electron chi connectivity index (χ2n) is 3.20. The summed E-state index contributed by atoms with van der Waals surface area (Å²) in [5.41, 5.74) is 0. The molecule has 0 aromatic carbocycles. The maximum absolute atomic E-state index is 8.51. The summed E-state index contributed by atoms with van der Waals surface area (Å²) in [6, 6.07) is 0. The van der Waals surface area contributed by atoms with Crippen molar-refractivity contribution in [1.29, 1.82) is 0 Å². The molecule has 0 fully saturated rings. The summed E-state index contributed by atoms with van der Waals surface area (Å²) in [6.07, 6.45) is 10.4. The van der Waals surface area contributed by atoms with Crippen molar-refractivity contribution in [2.45, 2.75) is 58.3 Å². The van der Waals surface area contributed by atoms with Gasteiger partial charge < -0.3 is 5.11 Å². The summed E-state index contributed by atoms with van der Waals surface area (Å²) in [7, 11) is 0. The first kappa shape index (κ1) is 15.3. The average Bonchev–Trinajstić information content (AvgIpc) is 2.03. The fourth-order valence-electron chi connectivity index (χ4n) is 1.25. The quantitative estimate of drug-likeness (QED) is 0.655. The largest absolute Gasteiger partial charge is 0.396 e. The Balaban J connectivity index is 0. The van der Waals surface area contributed by atoms with Crippen LogP contribution in [0, 0.1) is 0 Å². The third-order valence-corrected chi connectivity index (χ3v) is 2.01. The Hall–Kier alpha value is 0.843. The van der Waals surface area contributed by atoms with Crippen LogP contribution in [0.5, 0.6) is 0 Å². The molecule has 0 rings (SSSR count). The van der Waals surface area contributed by atoms with Gasteiger partial charge in [-0.3, -0.25) is 0 Å². The summed E-state index contributed by atoms with van der Waals surface area (Å²) in [5.74, 6) is 0. The zero-order valence-corrected chi connectivity index (χ0v) is 10.8. The fourth-order valence-corrected chi connectivity index (χ4v) is 1.25. The molecule has 0 aliphatic carbocycles. The molecular formula is C10H22OZr. The molecule has 0 heterocycles. The van der Waals surface area contributed by atoms with Crippen molar-refractivity contribution in [1.82, 2.24) is 0 Å². The van der Waals surface area contributed by atoms with Crippen LogP contribution in [0.4, 0.5) is 0 Å². The van der Waals surface area contributed by atoms with Gasteiger partial charge in [0.2, 0.25) is 0 Å². The molecule has 0 radical (unpaired) electrons. The van der Waals surface area contributed by atoms with E-state index in [9.17, 15) is 0 Å². The van der Waals surface area contributed by atoms with Crippen molar-refractivity contribution in [3.8, 4) is 0 Å². The number of hydrogen-bond donors (Lipinski definition) is 1. The summed E-state index contributed by atoms with van der Waals surface area (Å²) < 4.78 is 0. The minimum Gasteiger partial charge on any atom is -0.396 e. The van der Waals surface area contributed by atoms with Gasteiger partial charge in [-0.05, 0) is 6.42 Å². The Labute approximate surface area is 96.1 Å². The molecule has 0 bridgehead atoms. The van der Waals surface area contributed by atoms with Crippen LogP contribution in [0.1, 0.15) is 58.3 Å². The zero-order valence-electron chi connectivity index (χ0n) is 8.31. The molecule has 1 N–H and O–H groups in total. The monoisotopic (exact) mass is 248 g/mol. The van der Waals surface area contributed by atoms with Crippen molar-refractivity contribution in [3.63, 3.8) is 0 Å². The molecule has 72 valence electrons. The molecule has 0 saturated heterocycles. The third kappa shape index (κ3) is 13.4. The molecule has 0 unspecified atom stereocenters. The van der Waals surface area contributed by atoms with E-state index < -0.39 is 0 Å². The van der Waals surface area contributed by atoms with Gasteiger partial charge in [-0.25, -0.2) is 0 Å². The van der Waals surface area contributed by atoms with Gasteiger partial charge in [-0.15, -0.1) is 0 Å². The van der Waals surface area contributed by atoms with Crippen LogP contribution in [-0.4, -0.2) is 11.7 Å². The molecule has 0 aliphatic rings. The van der Waals surface area contributed by atoms with Gasteiger partial charge in [0, 0.05) is 32.8 Å². The third-order valence-electron chi connectivity index (χ3n) is 2.01. The van der Waals surface area contributed by atoms with E-state index in [1.807, 2.05) is 0 Å². The number of aliphatic hydroxyl groups is 1. The Morgan fingerprint density at radius 3 is 1.58 bits per heavy atom. The molecule has 0 aliphatic heterocycles. The van der Waals surface area contributed by atoms with Gasteiger partial charge in [0.1, 0.15) is 0 Å². The molecule has 0 saturated carbocycles. The fraction of sp³-hybridized carbons (Fsp3) is 1.00. The molecule has 1 nitrogen and oxygen atoms in total. The first-order valence-electron chi connectivity index (χ1n) is 5.02. The van der Waals surface area contributed by atoms with Crippen molar-refractivity contribution in [3.05, 3.63) is 0 Å². The molecule has 0 amide bonds. The van der Waals surface area contributed by atoms with E-state index in [1.165, 1.54) is 44.9 Å². The Morgan fingerprint density at radius 1 is 0.750 bits per heavy atom. The second kappa shape index (κ2) is 14.4. The van der Waals surface area contributed by atoms with Crippen LogP contribution in [0.2, 0.25) is 0 Å². The van der Waals surface area contributed by atoms with Crippen molar-refractivity contribution in [2.24, 2.45) is 0 Å². The second-order valence-corrected chi connectivity index (χ2v) is 3.20. The van der Waals surface area contributed by atoms with Gasteiger partial charge in [-0.2, -0.15) is 0 Å². The SMILES string of the molecule is CCCCCCCCCCO.[Zr]. The first-order chi connectivity index (χ1) is 5.41. The zero-order chi connectivity index (χ0) is 8.36. The van der Waals surface area contributed by atoms with E-state index in [4.69, 9.17) is 5.11 Å². The van der Waals surface area contributed by atoms with Gasteiger partial charge in [0.25, 0.3) is 0 Å². The van der Waals surface area contributed by atoms with Gasteiger partial charge in [0.05, 0.1) is 0 Å². The summed E-state index contributed by atoms with van der Waals surface area (Å²) >= 11 is 0. The number of unbranched alkanes of at least 4 members (excludes halogenated alkanes) is 7. The maximum atomic E-state index is 8.51. The summed E-state index contributed by atoms with van der Waals surface area (Å²) in [5, 5.41) is 8.51. The van der Waals surface area contributed by atoms with Gasteiger partial charge in [0.15, 0.2) is 0 Å². The van der Waals surface area contributed by atoms with E-state index in [0.717, 1.165) is 6.42 Å². The Bertz CT molecular complexity index is 58.9. The summed E-state index contributed by atoms with van der Waals surface area (Å²) in [6.45, 7) is 2.61. The van der Waals surface area contributed by atoms with E-state index in [0.29, 0.717) is 6.61 Å². The molecule has 12 heavy (non-hydrogen) atoms. The minimum absolute atomic E-state index is 0. The predicted octanol–water partition coefficient (Wildman–Crippen LogP) is 3.12. The van der Waals surface area contributed by atoms with E-state index in [2.05, 4.69) is 6.92 Å². The average molecular weight is 250 g/mol. The van der Waals surface area contributed by atoms with Crippen molar-refractivity contribution in [2.75, 3.05) is 6.61 Å². The normalized spacial score (nSPS) is 9.50. The number of rotatable bonds is 8. The van der Waals surface area contributed by atoms with E-state index in [1.54, 1.807) is 0 Å². The molecule has 0 aromatic rings. The van der Waals surface area contributed by atoms with E-state index >= 15 is 0 Å². The Kier molecular flexibility index (Phi) is 18.3. The van der Waals surface area contributed by atoms with Crippen LogP contribution >= 0.6 is 0 Å². The smallest absolute Gasteiger partial charge is 0.0431 e. The number of aliphatic hydroxyl groups excluding tert-OH is 1.